The second kappa shape index (κ2) is 8.25. The molecule has 1 atom stereocenters. The number of nitrogens with one attached hydrogen (secondary N) is 2. The average Bonchev–Trinajstić information content (AvgIpc) is 3.09. The zero-order chi connectivity index (χ0) is 20.3. The first kappa shape index (κ1) is 19.6. The van der Waals surface area contributed by atoms with Gasteiger partial charge in [0.25, 0.3) is 11.8 Å². The Bertz CT molecular complexity index is 1020. The number of para-hydroxylation sites is 1. The highest BCUT2D eigenvalue weighted by molar-refractivity contribution is 6.09. The van der Waals surface area contributed by atoms with Crippen LogP contribution in [0.1, 0.15) is 59.4 Å². The molecule has 0 aliphatic carbocycles. The summed E-state index contributed by atoms with van der Waals surface area (Å²) in [5, 5.41) is 5.91. The Morgan fingerprint density at radius 3 is 2.61 bits per heavy atom. The van der Waals surface area contributed by atoms with Gasteiger partial charge in [0.1, 0.15) is 0 Å². The summed E-state index contributed by atoms with van der Waals surface area (Å²) >= 11 is 0. The molecule has 2 aromatic heterocycles. The van der Waals surface area contributed by atoms with Crippen LogP contribution in [0.25, 0.3) is 5.52 Å². The van der Waals surface area contributed by atoms with Crippen molar-refractivity contribution in [3.8, 4) is 0 Å². The fourth-order valence-electron chi connectivity index (χ4n) is 3.13. The van der Waals surface area contributed by atoms with Crippen molar-refractivity contribution in [2.24, 2.45) is 0 Å². The van der Waals surface area contributed by atoms with Gasteiger partial charge in [-0.15, -0.1) is 0 Å². The predicted molar refractivity (Wildman–Crippen MR) is 111 cm³/mol. The third kappa shape index (κ3) is 3.76. The van der Waals surface area contributed by atoms with E-state index in [0.717, 1.165) is 29.7 Å². The largest absolute Gasteiger partial charge is 0.347 e. The summed E-state index contributed by atoms with van der Waals surface area (Å²) in [5.41, 5.74) is 3.69. The minimum atomic E-state index is -0.324. The number of benzene rings is 1. The molecule has 3 rings (SSSR count). The van der Waals surface area contributed by atoms with E-state index in [1.165, 1.54) is 0 Å². The number of amides is 2. The van der Waals surface area contributed by atoms with Crippen molar-refractivity contribution in [3.05, 3.63) is 65.2 Å². The monoisotopic (exact) mass is 378 g/mol. The van der Waals surface area contributed by atoms with Crippen LogP contribution >= 0.6 is 0 Å². The van der Waals surface area contributed by atoms with Gasteiger partial charge in [-0.25, -0.2) is 4.98 Å². The number of hydrogen-bond donors (Lipinski definition) is 2. The van der Waals surface area contributed by atoms with Crippen LogP contribution in [0.5, 0.6) is 0 Å². The quantitative estimate of drug-likeness (QED) is 0.681. The SMILES string of the molecule is CCc1cccc(C)c1NC(=O)c1nc(C(=O)NC(C)CC)n2ccccc12. The molecular formula is C22H26N4O2. The first-order chi connectivity index (χ1) is 13.5. The molecule has 0 radical (unpaired) electrons. The summed E-state index contributed by atoms with van der Waals surface area (Å²) in [6.07, 6.45) is 3.37. The lowest BCUT2D eigenvalue weighted by atomic mass is 10.1. The maximum atomic E-state index is 13.0. The number of carbonyl (C=O) groups is 2. The highest BCUT2D eigenvalue weighted by Gasteiger charge is 2.23. The molecule has 2 N–H and O–H groups in total. The second-order valence-corrected chi connectivity index (χ2v) is 6.94. The molecule has 6 heteroatoms. The molecule has 1 aromatic carbocycles. The van der Waals surface area contributed by atoms with E-state index in [0.29, 0.717) is 5.52 Å². The minimum absolute atomic E-state index is 0.0277. The van der Waals surface area contributed by atoms with Crippen LogP contribution in [0, 0.1) is 6.92 Å². The smallest absolute Gasteiger partial charge is 0.287 e. The molecule has 0 bridgehead atoms. The van der Waals surface area contributed by atoms with Gasteiger partial charge in [0.2, 0.25) is 5.82 Å². The highest BCUT2D eigenvalue weighted by atomic mass is 16.2. The minimum Gasteiger partial charge on any atom is -0.347 e. The van der Waals surface area contributed by atoms with Gasteiger partial charge in [-0.2, -0.15) is 0 Å². The van der Waals surface area contributed by atoms with Crippen molar-refractivity contribution in [1.29, 1.82) is 0 Å². The fraction of sp³-hybridized carbons (Fsp3) is 0.318. The average molecular weight is 378 g/mol. The molecule has 28 heavy (non-hydrogen) atoms. The number of fused-ring (bicyclic) bond motifs is 1. The van der Waals surface area contributed by atoms with Crippen LogP contribution in [0.15, 0.2) is 42.6 Å². The van der Waals surface area contributed by atoms with Gasteiger partial charge < -0.3 is 10.6 Å². The molecule has 2 amide bonds. The number of anilines is 1. The maximum Gasteiger partial charge on any atom is 0.287 e. The summed E-state index contributed by atoms with van der Waals surface area (Å²) in [7, 11) is 0. The van der Waals surface area contributed by atoms with Crippen molar-refractivity contribution in [3.63, 3.8) is 0 Å². The van der Waals surface area contributed by atoms with Crippen LogP contribution < -0.4 is 10.6 Å². The summed E-state index contributed by atoms with van der Waals surface area (Å²) in [4.78, 5) is 30.1. The van der Waals surface area contributed by atoms with E-state index in [-0.39, 0.29) is 29.4 Å². The van der Waals surface area contributed by atoms with E-state index in [9.17, 15) is 9.59 Å². The number of aryl methyl sites for hydroxylation is 2. The van der Waals surface area contributed by atoms with Gasteiger partial charge in [-0.1, -0.05) is 38.1 Å². The molecule has 0 saturated carbocycles. The van der Waals surface area contributed by atoms with Gasteiger partial charge >= 0.3 is 0 Å². The topological polar surface area (TPSA) is 75.5 Å². The fourth-order valence-corrected chi connectivity index (χ4v) is 3.13. The van der Waals surface area contributed by atoms with E-state index in [1.54, 1.807) is 16.7 Å². The Labute approximate surface area is 165 Å². The molecule has 3 aromatic rings. The lowest BCUT2D eigenvalue weighted by Crippen LogP contribution is -2.33. The van der Waals surface area contributed by atoms with E-state index < -0.39 is 0 Å². The van der Waals surface area contributed by atoms with Crippen LogP contribution in [-0.2, 0) is 6.42 Å². The Morgan fingerprint density at radius 2 is 1.89 bits per heavy atom. The lowest BCUT2D eigenvalue weighted by molar-refractivity contribution is 0.0928. The summed E-state index contributed by atoms with van der Waals surface area (Å²) in [6.45, 7) is 7.95. The number of imidazole rings is 1. The molecule has 6 nitrogen and oxygen atoms in total. The van der Waals surface area contributed by atoms with Crippen molar-refractivity contribution in [2.75, 3.05) is 5.32 Å². The molecule has 0 spiro atoms. The number of carbonyl (C=O) groups excluding carboxylic acids is 2. The third-order valence-electron chi connectivity index (χ3n) is 4.93. The Balaban J connectivity index is 2.00. The van der Waals surface area contributed by atoms with E-state index >= 15 is 0 Å². The van der Waals surface area contributed by atoms with Gasteiger partial charge in [0, 0.05) is 17.9 Å². The summed E-state index contributed by atoms with van der Waals surface area (Å²) < 4.78 is 1.66. The first-order valence-corrected chi connectivity index (χ1v) is 9.64. The van der Waals surface area contributed by atoms with Gasteiger partial charge in [-0.05, 0) is 49.9 Å². The van der Waals surface area contributed by atoms with Crippen LogP contribution in [0.4, 0.5) is 5.69 Å². The van der Waals surface area contributed by atoms with Crippen molar-refractivity contribution in [1.82, 2.24) is 14.7 Å². The summed E-state index contributed by atoms with van der Waals surface area (Å²) in [6, 6.07) is 11.4. The van der Waals surface area contributed by atoms with Crippen molar-refractivity contribution >= 4 is 23.0 Å². The lowest BCUT2D eigenvalue weighted by Gasteiger charge is -2.12. The standard InChI is InChI=1S/C22H26N4O2/c1-5-15(4)23-22(28)20-24-19(17-12-7-8-13-26(17)20)21(27)25-18-14(3)10-9-11-16(18)6-2/h7-13,15H,5-6H2,1-4H3,(H,23,28)(H,25,27). The number of hydrogen-bond acceptors (Lipinski definition) is 3. The Morgan fingerprint density at radius 1 is 1.11 bits per heavy atom. The molecule has 0 fully saturated rings. The molecule has 0 saturated heterocycles. The van der Waals surface area contributed by atoms with Crippen LogP contribution in [0.3, 0.4) is 0 Å². The zero-order valence-corrected chi connectivity index (χ0v) is 16.7. The van der Waals surface area contributed by atoms with Gasteiger partial charge in [0.15, 0.2) is 5.69 Å². The Kier molecular flexibility index (Phi) is 5.78. The maximum absolute atomic E-state index is 13.0. The number of rotatable bonds is 6. The molecular weight excluding hydrogens is 352 g/mol. The molecule has 2 heterocycles. The Hall–Kier alpha value is -3.15. The van der Waals surface area contributed by atoms with E-state index in [4.69, 9.17) is 0 Å². The molecule has 1 unspecified atom stereocenters. The van der Waals surface area contributed by atoms with Crippen LogP contribution in [0.2, 0.25) is 0 Å². The normalized spacial score (nSPS) is 12.0. The number of pyridine rings is 1. The zero-order valence-electron chi connectivity index (χ0n) is 16.7. The van der Waals surface area contributed by atoms with Crippen LogP contribution in [-0.4, -0.2) is 27.2 Å². The number of aromatic nitrogens is 2. The first-order valence-electron chi connectivity index (χ1n) is 9.64. The predicted octanol–water partition coefficient (Wildman–Crippen LogP) is 3.99. The van der Waals surface area contributed by atoms with Gasteiger partial charge in [-0.3, -0.25) is 14.0 Å². The third-order valence-corrected chi connectivity index (χ3v) is 4.93. The van der Waals surface area contributed by atoms with Gasteiger partial charge in [0.05, 0.1) is 5.52 Å². The number of nitrogens with zero attached hydrogens (tertiary/aromatic N) is 2. The molecule has 0 aliphatic heterocycles. The second-order valence-electron chi connectivity index (χ2n) is 6.94. The van der Waals surface area contributed by atoms with E-state index in [1.807, 2.05) is 58.0 Å². The van der Waals surface area contributed by atoms with E-state index in [2.05, 4.69) is 15.6 Å². The van der Waals surface area contributed by atoms with Crippen molar-refractivity contribution in [2.45, 2.75) is 46.6 Å². The molecule has 0 aliphatic rings. The van der Waals surface area contributed by atoms with Crippen molar-refractivity contribution < 1.29 is 9.59 Å². The highest BCUT2D eigenvalue weighted by Crippen LogP contribution is 2.23. The molecule has 146 valence electrons. The summed E-state index contributed by atoms with van der Waals surface area (Å²) in [5.74, 6) is -0.406.